The normalized spacial score (nSPS) is 9.83. The number of pyridine rings is 1. The van der Waals surface area contributed by atoms with Crippen molar-refractivity contribution in [3.8, 4) is 0 Å². The van der Waals surface area contributed by atoms with Gasteiger partial charge >= 0.3 is 0 Å². The number of hydrogen-bond donors (Lipinski definition) is 0. The van der Waals surface area contributed by atoms with E-state index in [0.717, 1.165) is 29.8 Å². The molecule has 0 fully saturated rings. The summed E-state index contributed by atoms with van der Waals surface area (Å²) in [6.45, 7) is 8.17. The Balaban J connectivity index is 2.93. The first kappa shape index (κ1) is 8.98. The van der Waals surface area contributed by atoms with E-state index in [4.69, 9.17) is 0 Å². The van der Waals surface area contributed by atoms with E-state index >= 15 is 0 Å². The number of rotatable bonds is 3. The molecule has 1 aromatic rings. The number of aryl methyl sites for hydroxylation is 1. The maximum atomic E-state index is 4.46. The van der Waals surface area contributed by atoms with Gasteiger partial charge < -0.3 is 0 Å². The zero-order chi connectivity index (χ0) is 8.97. The van der Waals surface area contributed by atoms with Crippen LogP contribution in [0.2, 0.25) is 0 Å². The summed E-state index contributed by atoms with van der Waals surface area (Å²) in [6.07, 6.45) is 1.96. The van der Waals surface area contributed by atoms with Crippen LogP contribution in [0.25, 0.3) is 5.57 Å². The van der Waals surface area contributed by atoms with Gasteiger partial charge in [-0.05, 0) is 30.5 Å². The third kappa shape index (κ3) is 1.94. The molecule has 12 heavy (non-hydrogen) atoms. The van der Waals surface area contributed by atoms with Crippen LogP contribution in [0.3, 0.4) is 0 Å². The summed E-state index contributed by atoms with van der Waals surface area (Å²) < 4.78 is 0. The Morgan fingerprint density at radius 1 is 1.42 bits per heavy atom. The molecule has 1 rings (SSSR count). The molecule has 0 N–H and O–H groups in total. The van der Waals surface area contributed by atoms with Crippen molar-refractivity contribution in [2.75, 3.05) is 0 Å². The minimum Gasteiger partial charge on any atom is -0.253 e. The van der Waals surface area contributed by atoms with Gasteiger partial charge in [-0.3, -0.25) is 4.98 Å². The molecule has 1 nitrogen and oxygen atoms in total. The van der Waals surface area contributed by atoms with Gasteiger partial charge in [-0.1, -0.05) is 26.5 Å². The molecule has 0 saturated carbocycles. The highest BCUT2D eigenvalue weighted by Gasteiger charge is 1.97. The number of nitrogens with zero attached hydrogens (tertiary/aromatic N) is 1. The number of allylic oxidation sites excluding steroid dienone is 1. The first-order valence-electron chi connectivity index (χ1n) is 4.42. The van der Waals surface area contributed by atoms with Gasteiger partial charge in [-0.2, -0.15) is 0 Å². The fourth-order valence-corrected chi connectivity index (χ4v) is 1.05. The van der Waals surface area contributed by atoms with Gasteiger partial charge in [0.1, 0.15) is 0 Å². The van der Waals surface area contributed by atoms with E-state index in [1.165, 1.54) is 0 Å². The first-order chi connectivity index (χ1) is 5.77. The molecular formula is C11H15N. The Morgan fingerprint density at radius 3 is 2.75 bits per heavy atom. The topological polar surface area (TPSA) is 12.9 Å². The average Bonchev–Trinajstić information content (AvgIpc) is 2.17. The van der Waals surface area contributed by atoms with Crippen LogP contribution >= 0.6 is 0 Å². The number of hydrogen-bond acceptors (Lipinski definition) is 1. The highest BCUT2D eigenvalue weighted by molar-refractivity contribution is 5.59. The van der Waals surface area contributed by atoms with Crippen LogP contribution < -0.4 is 0 Å². The largest absolute Gasteiger partial charge is 0.253 e. The van der Waals surface area contributed by atoms with Crippen molar-refractivity contribution in [1.29, 1.82) is 0 Å². The second-order valence-corrected chi connectivity index (χ2v) is 2.82. The molecule has 0 amide bonds. The van der Waals surface area contributed by atoms with Crippen molar-refractivity contribution >= 4 is 5.57 Å². The predicted molar refractivity (Wildman–Crippen MR) is 52.9 cm³/mol. The maximum absolute atomic E-state index is 4.46. The van der Waals surface area contributed by atoms with Crippen molar-refractivity contribution in [1.82, 2.24) is 4.98 Å². The lowest BCUT2D eigenvalue weighted by atomic mass is 10.1. The molecule has 0 aliphatic rings. The van der Waals surface area contributed by atoms with Crippen molar-refractivity contribution < 1.29 is 0 Å². The Kier molecular flexibility index (Phi) is 3.03. The summed E-state index contributed by atoms with van der Waals surface area (Å²) in [5.74, 6) is 0. The molecule has 0 saturated heterocycles. The monoisotopic (exact) mass is 161 g/mol. The predicted octanol–water partition coefficient (Wildman–Crippen LogP) is 3.07. The van der Waals surface area contributed by atoms with E-state index in [1.54, 1.807) is 0 Å². The Labute approximate surface area is 74.2 Å². The summed E-state index contributed by atoms with van der Waals surface area (Å²) in [5, 5.41) is 0. The molecule has 0 spiro atoms. The molecule has 64 valence electrons. The summed E-state index contributed by atoms with van der Waals surface area (Å²) in [5.41, 5.74) is 3.30. The van der Waals surface area contributed by atoms with Crippen LogP contribution in [0.5, 0.6) is 0 Å². The first-order valence-corrected chi connectivity index (χ1v) is 4.42. The Morgan fingerprint density at radius 2 is 2.17 bits per heavy atom. The highest BCUT2D eigenvalue weighted by Crippen LogP contribution is 2.13. The summed E-state index contributed by atoms with van der Waals surface area (Å²) >= 11 is 0. The number of aromatic nitrogens is 1. The zero-order valence-corrected chi connectivity index (χ0v) is 7.80. The van der Waals surface area contributed by atoms with Gasteiger partial charge in [-0.25, -0.2) is 0 Å². The molecule has 0 radical (unpaired) electrons. The van der Waals surface area contributed by atoms with Crippen LogP contribution in [-0.4, -0.2) is 4.98 Å². The Bertz CT molecular complexity index is 276. The third-order valence-corrected chi connectivity index (χ3v) is 1.96. The molecule has 0 aromatic carbocycles. The van der Waals surface area contributed by atoms with E-state index in [0.29, 0.717) is 0 Å². The van der Waals surface area contributed by atoms with E-state index in [9.17, 15) is 0 Å². The summed E-state index contributed by atoms with van der Waals surface area (Å²) in [4.78, 5) is 4.46. The van der Waals surface area contributed by atoms with Crippen molar-refractivity contribution in [2.45, 2.75) is 26.7 Å². The third-order valence-electron chi connectivity index (χ3n) is 1.96. The smallest absolute Gasteiger partial charge is 0.0658 e. The van der Waals surface area contributed by atoms with Crippen molar-refractivity contribution in [3.63, 3.8) is 0 Å². The molecule has 1 heterocycles. The second-order valence-electron chi connectivity index (χ2n) is 2.82. The molecule has 0 atom stereocenters. The lowest BCUT2D eigenvalue weighted by Gasteiger charge is -2.02. The minimum atomic E-state index is 0.972. The van der Waals surface area contributed by atoms with E-state index in [-0.39, 0.29) is 0 Å². The SMILES string of the molecule is C=C(CC)c1cccc(CC)n1. The lowest BCUT2D eigenvalue weighted by Crippen LogP contribution is -1.91. The summed E-state index contributed by atoms with van der Waals surface area (Å²) in [7, 11) is 0. The maximum Gasteiger partial charge on any atom is 0.0658 e. The van der Waals surface area contributed by atoms with Crippen LogP contribution in [0, 0.1) is 0 Å². The van der Waals surface area contributed by atoms with E-state index in [2.05, 4.69) is 25.4 Å². The quantitative estimate of drug-likeness (QED) is 0.664. The van der Waals surface area contributed by atoms with Crippen LogP contribution in [0.4, 0.5) is 0 Å². The van der Waals surface area contributed by atoms with Gasteiger partial charge in [0.05, 0.1) is 5.69 Å². The van der Waals surface area contributed by atoms with Gasteiger partial charge in [0.15, 0.2) is 0 Å². The fraction of sp³-hybridized carbons (Fsp3) is 0.364. The van der Waals surface area contributed by atoms with Crippen molar-refractivity contribution in [2.24, 2.45) is 0 Å². The minimum absolute atomic E-state index is 0.972. The Hall–Kier alpha value is -1.11. The highest BCUT2D eigenvalue weighted by atomic mass is 14.7. The second kappa shape index (κ2) is 4.05. The lowest BCUT2D eigenvalue weighted by molar-refractivity contribution is 1.02. The van der Waals surface area contributed by atoms with Gasteiger partial charge in [-0.15, -0.1) is 0 Å². The van der Waals surface area contributed by atoms with Gasteiger partial charge in [0.2, 0.25) is 0 Å². The molecule has 1 heteroatoms. The van der Waals surface area contributed by atoms with Crippen molar-refractivity contribution in [3.05, 3.63) is 36.2 Å². The van der Waals surface area contributed by atoms with Gasteiger partial charge in [0.25, 0.3) is 0 Å². The van der Waals surface area contributed by atoms with E-state index < -0.39 is 0 Å². The van der Waals surface area contributed by atoms with Gasteiger partial charge in [0, 0.05) is 5.69 Å². The molecule has 0 bridgehead atoms. The van der Waals surface area contributed by atoms with Crippen LogP contribution in [-0.2, 0) is 6.42 Å². The molecule has 0 unspecified atom stereocenters. The fourth-order valence-electron chi connectivity index (χ4n) is 1.05. The van der Waals surface area contributed by atoms with Crippen LogP contribution in [0.1, 0.15) is 31.7 Å². The average molecular weight is 161 g/mol. The van der Waals surface area contributed by atoms with E-state index in [1.807, 2.05) is 18.2 Å². The molecule has 1 aromatic heterocycles. The standard InChI is InChI=1S/C11H15N/c1-4-9(3)11-8-6-7-10(5-2)12-11/h6-8H,3-5H2,1-2H3. The summed E-state index contributed by atoms with van der Waals surface area (Å²) in [6, 6.07) is 6.11. The molecule has 0 aliphatic heterocycles. The van der Waals surface area contributed by atoms with Crippen LogP contribution in [0.15, 0.2) is 24.8 Å². The zero-order valence-electron chi connectivity index (χ0n) is 7.80. The molecule has 0 aliphatic carbocycles. The molecular weight excluding hydrogens is 146 g/mol.